The minimum atomic E-state index is -0.144. The zero-order valence-electron chi connectivity index (χ0n) is 11.8. The fourth-order valence-electron chi connectivity index (χ4n) is 2.73. The summed E-state index contributed by atoms with van der Waals surface area (Å²) in [4.78, 5) is 4.33. The second kappa shape index (κ2) is 5.06. The fraction of sp³-hybridized carbons (Fsp3) is 0.167. The molecule has 2 nitrogen and oxygen atoms in total. The Morgan fingerprint density at radius 3 is 2.55 bits per heavy atom. The van der Waals surface area contributed by atoms with Crippen LogP contribution in [0.5, 0.6) is 0 Å². The summed E-state index contributed by atoms with van der Waals surface area (Å²) in [7, 11) is 0. The molecule has 0 aliphatic carbocycles. The van der Waals surface area contributed by atoms with Crippen LogP contribution >= 0.6 is 0 Å². The van der Waals surface area contributed by atoms with Gasteiger partial charge < -0.3 is 5.73 Å². The van der Waals surface area contributed by atoms with E-state index >= 15 is 0 Å². The Labute approximate surface area is 119 Å². The van der Waals surface area contributed by atoms with Crippen molar-refractivity contribution in [3.63, 3.8) is 0 Å². The van der Waals surface area contributed by atoms with Gasteiger partial charge in [-0.25, -0.2) is 0 Å². The molecular formula is C18H18N2. The molecule has 3 aromatic rings. The molecule has 0 bridgehead atoms. The molecule has 3 rings (SSSR count). The Morgan fingerprint density at radius 1 is 0.950 bits per heavy atom. The van der Waals surface area contributed by atoms with Gasteiger partial charge in [0.25, 0.3) is 0 Å². The second-order valence-corrected chi connectivity index (χ2v) is 5.29. The first-order valence-corrected chi connectivity index (χ1v) is 6.82. The minimum absolute atomic E-state index is 0.144. The number of hydrogen-bond acceptors (Lipinski definition) is 2. The zero-order chi connectivity index (χ0) is 14.1. The highest BCUT2D eigenvalue weighted by Gasteiger charge is 2.14. The van der Waals surface area contributed by atoms with Gasteiger partial charge in [-0.05, 0) is 35.9 Å². The average Bonchev–Trinajstić information content (AvgIpc) is 2.46. The SMILES string of the molecule is Cc1ccc(C(N)c2cncc3ccccc23)c(C)c1. The van der Waals surface area contributed by atoms with Crippen molar-refractivity contribution in [3.05, 3.63) is 77.1 Å². The third kappa shape index (κ3) is 2.19. The first-order chi connectivity index (χ1) is 9.66. The van der Waals surface area contributed by atoms with Gasteiger partial charge in [0, 0.05) is 17.8 Å². The van der Waals surface area contributed by atoms with E-state index in [4.69, 9.17) is 5.73 Å². The van der Waals surface area contributed by atoms with E-state index in [1.165, 1.54) is 16.5 Å². The third-order valence-electron chi connectivity index (χ3n) is 3.79. The summed E-state index contributed by atoms with van der Waals surface area (Å²) in [6.07, 6.45) is 3.76. The monoisotopic (exact) mass is 262 g/mol. The molecule has 1 atom stereocenters. The maximum Gasteiger partial charge on any atom is 0.0575 e. The topological polar surface area (TPSA) is 38.9 Å². The largest absolute Gasteiger partial charge is 0.320 e. The van der Waals surface area contributed by atoms with Crippen LogP contribution < -0.4 is 5.73 Å². The lowest BCUT2D eigenvalue weighted by Gasteiger charge is -2.17. The number of pyridine rings is 1. The van der Waals surface area contributed by atoms with Crippen molar-refractivity contribution in [3.8, 4) is 0 Å². The van der Waals surface area contributed by atoms with Crippen molar-refractivity contribution in [2.45, 2.75) is 19.9 Å². The molecule has 0 spiro atoms. The number of nitrogens with zero attached hydrogens (tertiary/aromatic N) is 1. The van der Waals surface area contributed by atoms with E-state index in [0.29, 0.717) is 0 Å². The molecule has 0 saturated carbocycles. The van der Waals surface area contributed by atoms with Gasteiger partial charge in [0.1, 0.15) is 0 Å². The Morgan fingerprint density at radius 2 is 1.75 bits per heavy atom. The minimum Gasteiger partial charge on any atom is -0.320 e. The van der Waals surface area contributed by atoms with Gasteiger partial charge >= 0.3 is 0 Å². The predicted octanol–water partition coefficient (Wildman–Crippen LogP) is 3.90. The predicted molar refractivity (Wildman–Crippen MR) is 83.7 cm³/mol. The van der Waals surface area contributed by atoms with E-state index in [9.17, 15) is 0 Å². The van der Waals surface area contributed by atoms with Crippen molar-refractivity contribution in [1.82, 2.24) is 4.98 Å². The van der Waals surface area contributed by atoms with Gasteiger partial charge in [0.15, 0.2) is 0 Å². The summed E-state index contributed by atoms with van der Waals surface area (Å²) in [6.45, 7) is 4.21. The Bertz CT molecular complexity index is 757. The van der Waals surface area contributed by atoms with Gasteiger partial charge in [0.05, 0.1) is 6.04 Å². The molecule has 1 unspecified atom stereocenters. The lowest BCUT2D eigenvalue weighted by molar-refractivity contribution is 0.863. The molecule has 2 aromatic carbocycles. The summed E-state index contributed by atoms with van der Waals surface area (Å²) in [5, 5.41) is 2.31. The van der Waals surface area contributed by atoms with Crippen LogP contribution in [-0.2, 0) is 0 Å². The molecular weight excluding hydrogens is 244 g/mol. The number of nitrogens with two attached hydrogens (primary N) is 1. The zero-order valence-corrected chi connectivity index (χ0v) is 11.8. The summed E-state index contributed by atoms with van der Waals surface area (Å²) < 4.78 is 0. The first kappa shape index (κ1) is 12.8. The van der Waals surface area contributed by atoms with Crippen LogP contribution in [0.1, 0.15) is 28.3 Å². The fourth-order valence-corrected chi connectivity index (χ4v) is 2.73. The van der Waals surface area contributed by atoms with Crippen LogP contribution in [0.4, 0.5) is 0 Å². The Balaban J connectivity index is 2.15. The summed E-state index contributed by atoms with van der Waals surface area (Å²) in [5.41, 5.74) is 11.2. The Kier molecular flexibility index (Phi) is 3.25. The average molecular weight is 262 g/mol. The molecule has 0 aliphatic rings. The standard InChI is InChI=1S/C18H18N2/c1-12-7-8-15(13(2)9-12)18(19)17-11-20-10-14-5-3-4-6-16(14)17/h3-11,18H,19H2,1-2H3. The maximum atomic E-state index is 6.49. The molecule has 0 radical (unpaired) electrons. The summed E-state index contributed by atoms with van der Waals surface area (Å²) in [6, 6.07) is 14.5. The molecule has 0 fully saturated rings. The lowest BCUT2D eigenvalue weighted by atomic mass is 9.93. The van der Waals surface area contributed by atoms with Crippen molar-refractivity contribution in [2.75, 3.05) is 0 Å². The van der Waals surface area contributed by atoms with Crippen molar-refractivity contribution >= 4 is 10.8 Å². The molecule has 0 saturated heterocycles. The molecule has 1 heterocycles. The van der Waals surface area contributed by atoms with Crippen molar-refractivity contribution in [1.29, 1.82) is 0 Å². The molecule has 100 valence electrons. The van der Waals surface area contributed by atoms with Crippen LogP contribution in [0.2, 0.25) is 0 Å². The van der Waals surface area contributed by atoms with Crippen LogP contribution in [-0.4, -0.2) is 4.98 Å². The highest BCUT2D eigenvalue weighted by Crippen LogP contribution is 2.28. The van der Waals surface area contributed by atoms with Crippen LogP contribution in [0, 0.1) is 13.8 Å². The highest BCUT2D eigenvalue weighted by molar-refractivity contribution is 5.85. The van der Waals surface area contributed by atoms with E-state index < -0.39 is 0 Å². The molecule has 1 aromatic heterocycles. The molecule has 2 heteroatoms. The van der Waals surface area contributed by atoms with Crippen molar-refractivity contribution in [2.24, 2.45) is 5.73 Å². The maximum absolute atomic E-state index is 6.49. The third-order valence-corrected chi connectivity index (χ3v) is 3.79. The van der Waals surface area contributed by atoms with E-state index in [0.717, 1.165) is 16.5 Å². The number of rotatable bonds is 2. The van der Waals surface area contributed by atoms with E-state index in [2.05, 4.69) is 49.2 Å². The normalized spacial score (nSPS) is 12.6. The van der Waals surface area contributed by atoms with E-state index in [-0.39, 0.29) is 6.04 Å². The van der Waals surface area contributed by atoms with Gasteiger partial charge in [0.2, 0.25) is 0 Å². The van der Waals surface area contributed by atoms with Gasteiger partial charge in [-0.1, -0.05) is 48.0 Å². The molecule has 2 N–H and O–H groups in total. The number of aromatic nitrogens is 1. The smallest absolute Gasteiger partial charge is 0.0575 e. The van der Waals surface area contributed by atoms with Crippen LogP contribution in [0.3, 0.4) is 0 Å². The number of aryl methyl sites for hydroxylation is 2. The van der Waals surface area contributed by atoms with Crippen LogP contribution in [0.25, 0.3) is 10.8 Å². The molecule has 0 aliphatic heterocycles. The number of hydrogen-bond donors (Lipinski definition) is 1. The van der Waals surface area contributed by atoms with Gasteiger partial charge in [-0.2, -0.15) is 0 Å². The molecule has 0 amide bonds. The molecule has 20 heavy (non-hydrogen) atoms. The first-order valence-electron chi connectivity index (χ1n) is 6.82. The number of benzene rings is 2. The van der Waals surface area contributed by atoms with E-state index in [1.54, 1.807) is 0 Å². The van der Waals surface area contributed by atoms with Crippen molar-refractivity contribution < 1.29 is 0 Å². The van der Waals surface area contributed by atoms with Crippen LogP contribution in [0.15, 0.2) is 54.9 Å². The highest BCUT2D eigenvalue weighted by atomic mass is 14.7. The van der Waals surface area contributed by atoms with E-state index in [1.807, 2.05) is 24.5 Å². The van der Waals surface area contributed by atoms with Gasteiger partial charge in [-0.15, -0.1) is 0 Å². The van der Waals surface area contributed by atoms with Gasteiger partial charge in [-0.3, -0.25) is 4.98 Å². The summed E-state index contributed by atoms with van der Waals surface area (Å²) >= 11 is 0. The second-order valence-electron chi connectivity index (χ2n) is 5.29. The lowest BCUT2D eigenvalue weighted by Crippen LogP contribution is -2.14. The summed E-state index contributed by atoms with van der Waals surface area (Å²) in [5.74, 6) is 0. The quantitative estimate of drug-likeness (QED) is 0.760. The Hall–Kier alpha value is -2.19. The number of fused-ring (bicyclic) bond motifs is 1.